The molecule has 370 valence electrons. The van der Waals surface area contributed by atoms with Crippen LogP contribution in [0, 0.1) is 11.8 Å². The first-order valence-electron chi connectivity index (χ1n) is 24.1. The lowest BCUT2D eigenvalue weighted by Gasteiger charge is -2.36. The third kappa shape index (κ3) is 16.6. The standard InChI is InChI=1S/C56H68N6O8/c1-39(2)49(59-55(66)68-37-44-22-14-8-15-23-44)52(63)57-47(34-41-18-10-6-11-19-41)51(70-54(65)46-28-26-43(27-29-46)36-62-32-30-61(5)31-33-62)48(35-42-20-12-7-13-21-42)58-53(64)50(40(3)4)60-56(67)69-38-45-24-16-9-17-25-45/h6-29,39-40,47-51H,30-38H2,1-5H3,(H,57,63)(H,58,64)(H,59,66)(H,60,67)/t47?,48?,49-,50-,51?/m0/s1. The van der Waals surface area contributed by atoms with Gasteiger partial charge in [0, 0.05) is 32.7 Å². The molecule has 4 N–H and O–H groups in total. The summed E-state index contributed by atoms with van der Waals surface area (Å²) < 4.78 is 17.7. The van der Waals surface area contributed by atoms with E-state index in [1.165, 1.54) is 0 Å². The number of hydrogen-bond acceptors (Lipinski definition) is 10. The van der Waals surface area contributed by atoms with Crippen LogP contribution >= 0.6 is 0 Å². The molecule has 5 aromatic rings. The molecule has 0 spiro atoms. The molecule has 14 nitrogen and oxygen atoms in total. The van der Waals surface area contributed by atoms with Crippen molar-refractivity contribution in [3.8, 4) is 0 Å². The topological polar surface area (TPSA) is 168 Å². The number of nitrogens with one attached hydrogen (secondary N) is 4. The zero-order valence-electron chi connectivity index (χ0n) is 40.9. The van der Waals surface area contributed by atoms with Gasteiger partial charge in [0.25, 0.3) is 0 Å². The predicted molar refractivity (Wildman–Crippen MR) is 269 cm³/mol. The molecule has 0 bridgehead atoms. The minimum absolute atomic E-state index is 0.00242. The van der Waals surface area contributed by atoms with Gasteiger partial charge in [0.15, 0.2) is 0 Å². The van der Waals surface area contributed by atoms with E-state index in [0.717, 1.165) is 60.5 Å². The number of esters is 1. The van der Waals surface area contributed by atoms with Crippen LogP contribution in [0.4, 0.5) is 9.59 Å². The van der Waals surface area contributed by atoms with Crippen LogP contribution in [-0.4, -0.2) is 103 Å². The lowest BCUT2D eigenvalue weighted by molar-refractivity contribution is -0.127. The van der Waals surface area contributed by atoms with Gasteiger partial charge in [-0.2, -0.15) is 0 Å². The highest BCUT2D eigenvalue weighted by molar-refractivity contribution is 5.90. The third-order valence-corrected chi connectivity index (χ3v) is 12.4. The number of nitrogens with zero attached hydrogens (tertiary/aromatic N) is 2. The lowest BCUT2D eigenvalue weighted by atomic mass is 9.90. The molecule has 6 rings (SSSR count). The second-order valence-corrected chi connectivity index (χ2v) is 18.6. The molecule has 1 aliphatic rings. The highest BCUT2D eigenvalue weighted by Crippen LogP contribution is 2.21. The maximum Gasteiger partial charge on any atom is 0.408 e. The first kappa shape index (κ1) is 52.3. The van der Waals surface area contributed by atoms with E-state index < -0.39 is 72.1 Å². The van der Waals surface area contributed by atoms with Crippen molar-refractivity contribution in [3.05, 3.63) is 179 Å². The Bertz CT molecular complexity index is 2270. The zero-order valence-corrected chi connectivity index (χ0v) is 40.9. The fourth-order valence-electron chi connectivity index (χ4n) is 8.28. The molecule has 2 unspecified atom stereocenters. The van der Waals surface area contributed by atoms with E-state index in [1.54, 1.807) is 39.8 Å². The average molecular weight is 953 g/mol. The summed E-state index contributed by atoms with van der Waals surface area (Å²) >= 11 is 0. The van der Waals surface area contributed by atoms with Crippen molar-refractivity contribution in [1.29, 1.82) is 0 Å². The molecule has 1 heterocycles. The summed E-state index contributed by atoms with van der Waals surface area (Å²) in [5.74, 6) is -2.55. The van der Waals surface area contributed by atoms with Gasteiger partial charge in [0.2, 0.25) is 11.8 Å². The van der Waals surface area contributed by atoms with Gasteiger partial charge < -0.3 is 40.4 Å². The Hall–Kier alpha value is -7.03. The Labute approximate surface area is 412 Å². The molecule has 14 heteroatoms. The highest BCUT2D eigenvalue weighted by atomic mass is 16.6. The van der Waals surface area contributed by atoms with Crippen molar-refractivity contribution < 1.29 is 38.2 Å². The summed E-state index contributed by atoms with van der Waals surface area (Å²) in [5, 5.41) is 11.8. The van der Waals surface area contributed by atoms with Crippen molar-refractivity contribution >= 4 is 30.0 Å². The summed E-state index contributed by atoms with van der Waals surface area (Å²) in [7, 11) is 2.12. The number of likely N-dealkylation sites (N-methyl/N-ethyl adjacent to an activating group) is 1. The summed E-state index contributed by atoms with van der Waals surface area (Å²) in [6, 6.07) is 40.5. The summed E-state index contributed by atoms with van der Waals surface area (Å²) in [6.45, 7) is 11.8. The molecule has 0 aromatic heterocycles. The van der Waals surface area contributed by atoms with Gasteiger partial charge in [-0.3, -0.25) is 14.5 Å². The van der Waals surface area contributed by atoms with Crippen molar-refractivity contribution in [2.45, 2.75) is 90.6 Å². The molecular weight excluding hydrogens is 885 g/mol. The molecule has 0 aliphatic carbocycles. The molecule has 0 saturated carbocycles. The number of carbonyl (C=O) groups is 5. The summed E-state index contributed by atoms with van der Waals surface area (Å²) in [4.78, 5) is 75.2. The predicted octanol–water partition coefficient (Wildman–Crippen LogP) is 7.32. The number of piperazine rings is 1. The first-order valence-corrected chi connectivity index (χ1v) is 24.1. The fraction of sp³-hybridized carbons (Fsp3) is 0.375. The highest BCUT2D eigenvalue weighted by Gasteiger charge is 2.39. The third-order valence-electron chi connectivity index (χ3n) is 12.4. The Morgan fingerprint density at radius 2 is 0.871 bits per heavy atom. The Kier molecular flexibility index (Phi) is 19.9. The number of carbonyl (C=O) groups excluding carboxylic acids is 5. The van der Waals surface area contributed by atoms with E-state index in [-0.39, 0.29) is 31.6 Å². The fourth-order valence-corrected chi connectivity index (χ4v) is 8.28. The molecular formula is C56H68N6O8. The van der Waals surface area contributed by atoms with Crippen LogP contribution in [0.1, 0.15) is 65.9 Å². The normalized spacial score (nSPS) is 15.1. The smallest absolute Gasteiger partial charge is 0.408 e. The van der Waals surface area contributed by atoms with Crippen LogP contribution in [0.2, 0.25) is 0 Å². The zero-order chi connectivity index (χ0) is 49.8. The number of alkyl carbamates (subject to hydrolysis) is 2. The number of rotatable bonds is 22. The van der Waals surface area contributed by atoms with Gasteiger partial charge in [-0.1, -0.05) is 161 Å². The van der Waals surface area contributed by atoms with Gasteiger partial charge in [-0.25, -0.2) is 14.4 Å². The Morgan fingerprint density at radius 1 is 0.486 bits per heavy atom. The number of ether oxygens (including phenoxy) is 3. The van der Waals surface area contributed by atoms with E-state index in [4.69, 9.17) is 14.2 Å². The maximum atomic E-state index is 14.7. The minimum atomic E-state index is -1.22. The van der Waals surface area contributed by atoms with E-state index >= 15 is 0 Å². The molecule has 4 atom stereocenters. The van der Waals surface area contributed by atoms with Crippen LogP contribution < -0.4 is 21.3 Å². The second-order valence-electron chi connectivity index (χ2n) is 18.6. The molecule has 5 aromatic carbocycles. The second kappa shape index (κ2) is 26.7. The van der Waals surface area contributed by atoms with Gasteiger partial charge in [0.1, 0.15) is 31.4 Å². The largest absolute Gasteiger partial charge is 0.454 e. The van der Waals surface area contributed by atoms with E-state index in [1.807, 2.05) is 133 Å². The molecule has 1 fully saturated rings. The van der Waals surface area contributed by atoms with E-state index in [2.05, 4.69) is 38.1 Å². The molecule has 1 saturated heterocycles. The van der Waals surface area contributed by atoms with Crippen LogP contribution in [-0.2, 0) is 56.4 Å². The van der Waals surface area contributed by atoms with Crippen molar-refractivity contribution in [3.63, 3.8) is 0 Å². The van der Waals surface area contributed by atoms with Crippen LogP contribution in [0.5, 0.6) is 0 Å². The number of hydrogen-bond donors (Lipinski definition) is 4. The first-order chi connectivity index (χ1) is 33.8. The summed E-state index contributed by atoms with van der Waals surface area (Å²) in [6.07, 6.45) is -2.45. The lowest BCUT2D eigenvalue weighted by Crippen LogP contribution is -2.62. The number of amides is 4. The van der Waals surface area contributed by atoms with Crippen molar-refractivity contribution in [2.24, 2.45) is 11.8 Å². The SMILES string of the molecule is CC(C)[C@H](NC(=O)OCc1ccccc1)C(=O)NC(Cc1ccccc1)C(OC(=O)c1ccc(CN2CCN(C)CC2)cc1)C(Cc1ccccc1)NC(=O)[C@@H](NC(=O)OCc1ccccc1)C(C)C. The Balaban J connectivity index is 1.34. The number of benzene rings is 5. The van der Waals surface area contributed by atoms with Gasteiger partial charge in [0.05, 0.1) is 17.6 Å². The van der Waals surface area contributed by atoms with Crippen LogP contribution in [0.15, 0.2) is 146 Å². The van der Waals surface area contributed by atoms with Crippen molar-refractivity contribution in [2.75, 3.05) is 33.2 Å². The van der Waals surface area contributed by atoms with Crippen molar-refractivity contribution in [1.82, 2.24) is 31.1 Å². The molecule has 0 radical (unpaired) electrons. The van der Waals surface area contributed by atoms with E-state index in [9.17, 15) is 24.0 Å². The Morgan fingerprint density at radius 3 is 1.26 bits per heavy atom. The van der Waals surface area contributed by atoms with Gasteiger partial charge >= 0.3 is 18.2 Å². The average Bonchev–Trinajstić information content (AvgIpc) is 3.36. The van der Waals surface area contributed by atoms with Crippen LogP contribution in [0.25, 0.3) is 0 Å². The molecule has 70 heavy (non-hydrogen) atoms. The molecule has 4 amide bonds. The van der Waals surface area contributed by atoms with Gasteiger partial charge in [-0.15, -0.1) is 0 Å². The molecule has 1 aliphatic heterocycles. The van der Waals surface area contributed by atoms with E-state index in [0.29, 0.717) is 0 Å². The minimum Gasteiger partial charge on any atom is -0.454 e. The van der Waals surface area contributed by atoms with Crippen LogP contribution in [0.3, 0.4) is 0 Å². The monoisotopic (exact) mass is 953 g/mol. The van der Waals surface area contributed by atoms with Gasteiger partial charge in [-0.05, 0) is 71.7 Å². The summed E-state index contributed by atoms with van der Waals surface area (Å²) in [5.41, 5.74) is 4.52. The quantitative estimate of drug-likeness (QED) is 0.0408. The maximum absolute atomic E-state index is 14.7.